The zero-order valence-corrected chi connectivity index (χ0v) is 65.1. The van der Waals surface area contributed by atoms with Crippen LogP contribution in [0.4, 0.5) is 5.69 Å². The number of carbonyl (C=O) groups excluding carboxylic acids is 2. The quantitative estimate of drug-likeness (QED) is 0.0759. The number of hydrogen-bond donors (Lipinski definition) is 5. The van der Waals surface area contributed by atoms with Crippen molar-refractivity contribution >= 4 is 101 Å². The van der Waals surface area contributed by atoms with Crippen LogP contribution in [0.3, 0.4) is 0 Å². The van der Waals surface area contributed by atoms with Crippen LogP contribution in [-0.4, -0.2) is 183 Å². The smallest absolute Gasteiger partial charge is 0.255 e. The molecule has 14 rings (SSSR count). The highest BCUT2D eigenvalue weighted by molar-refractivity contribution is 7.90. The summed E-state index contributed by atoms with van der Waals surface area (Å²) in [6.07, 6.45) is 28.5. The van der Waals surface area contributed by atoms with Gasteiger partial charge in [-0.25, -0.2) is 33.7 Å². The van der Waals surface area contributed by atoms with Gasteiger partial charge in [0.25, 0.3) is 5.56 Å². The van der Waals surface area contributed by atoms with E-state index in [1.165, 1.54) is 10.5 Å². The number of sulfonamides is 4. The van der Waals surface area contributed by atoms with Crippen molar-refractivity contribution in [2.24, 2.45) is 23.3 Å². The molecule has 107 heavy (non-hydrogen) atoms. The molecule has 1 saturated carbocycles. The Bertz CT molecular complexity index is 5040. The van der Waals surface area contributed by atoms with E-state index in [9.17, 15) is 48.1 Å². The van der Waals surface area contributed by atoms with Gasteiger partial charge in [-0.3, -0.25) is 34.3 Å². The topological polar surface area (TPSA) is 347 Å². The molecule has 574 valence electrons. The molecular formula is C78H102N14O11S4. The average Bonchev–Trinajstić information content (AvgIpc) is 1.61. The Morgan fingerprint density at radius 2 is 1.02 bits per heavy atom. The zero-order chi connectivity index (χ0) is 76.5. The van der Waals surface area contributed by atoms with Crippen molar-refractivity contribution in [2.75, 3.05) is 77.3 Å². The maximum atomic E-state index is 13.4. The molecule has 2 amide bonds. The van der Waals surface area contributed by atoms with Gasteiger partial charge in [0.05, 0.1) is 26.1 Å². The molecule has 3 atom stereocenters. The highest BCUT2D eigenvalue weighted by Gasteiger charge is 2.36. The van der Waals surface area contributed by atoms with Crippen LogP contribution < -0.4 is 27.7 Å². The second kappa shape index (κ2) is 37.4. The molecule has 4 saturated heterocycles. The first-order chi connectivity index (χ1) is 51.3. The van der Waals surface area contributed by atoms with Crippen LogP contribution in [0.25, 0.3) is 43.1 Å². The molecule has 1 aliphatic carbocycles. The number of nitrogens with zero attached hydrogens (tertiary/aromatic N) is 9. The summed E-state index contributed by atoms with van der Waals surface area (Å²) >= 11 is 0. The second-order valence-electron chi connectivity index (χ2n) is 28.2. The van der Waals surface area contributed by atoms with Crippen molar-refractivity contribution in [1.29, 1.82) is 0 Å². The number of nitrogens with one attached hydrogen (secondary N) is 3. The number of hydrogen-bond acceptors (Lipinski definition) is 18. The van der Waals surface area contributed by atoms with E-state index >= 15 is 0 Å². The van der Waals surface area contributed by atoms with Gasteiger partial charge in [-0.2, -0.15) is 17.2 Å². The summed E-state index contributed by atoms with van der Waals surface area (Å²) in [5, 5.41) is 11.9. The summed E-state index contributed by atoms with van der Waals surface area (Å²) < 4.78 is 111. The van der Waals surface area contributed by atoms with Crippen molar-refractivity contribution in [2.45, 2.75) is 162 Å². The van der Waals surface area contributed by atoms with Gasteiger partial charge in [-0.1, -0.05) is 68.1 Å². The first kappa shape index (κ1) is 81.4. The fraction of sp³-hybridized carbons (Fsp3) is 0.449. The van der Waals surface area contributed by atoms with Crippen LogP contribution in [0.15, 0.2) is 177 Å². The maximum absolute atomic E-state index is 13.4. The molecule has 9 aromatic rings. The maximum Gasteiger partial charge on any atom is 0.255 e. The Hall–Kier alpha value is -8.07. The Labute approximate surface area is 629 Å². The number of rotatable bonds is 12. The predicted molar refractivity (Wildman–Crippen MR) is 420 cm³/mol. The minimum absolute atomic E-state index is 0.0510. The molecule has 0 radical (unpaired) electrons. The van der Waals surface area contributed by atoms with E-state index in [4.69, 9.17) is 11.5 Å². The van der Waals surface area contributed by atoms with Gasteiger partial charge in [-0.05, 0) is 177 Å². The molecule has 25 nitrogen and oxygen atoms in total. The number of carbonyl (C=O) groups is 2. The number of H-pyrrole nitrogens is 1. The van der Waals surface area contributed by atoms with Crippen molar-refractivity contribution in [1.82, 2.24) is 52.4 Å². The number of aryl methyl sites for hydroxylation is 2. The van der Waals surface area contributed by atoms with E-state index in [0.717, 1.165) is 134 Å². The molecule has 4 aliphatic heterocycles. The molecule has 5 aliphatic rings. The van der Waals surface area contributed by atoms with Crippen LogP contribution in [0, 0.1) is 25.7 Å². The SMILES string of the molecule is C[C@@H](N)C1CCC(C(=O)Nc2ccncc2)CC1.Cc1cncc2cccc(S(=O)(=O)N3CCCN(C(=O)CN)C[C@@H]3C)c12.Cc1cncc2cccc(S(=O)(=O)N3CCCNC[C@@H]3C)c12.O=S(=O)(c1cccc2cnccc12)N1CCCCCC1.O=c1[nH]ccc2c(S(=O)(=O)N3CCCCCC3)cccc12. The summed E-state index contributed by atoms with van der Waals surface area (Å²) in [5.41, 5.74) is 13.6. The first-order valence-electron chi connectivity index (χ1n) is 37.1. The molecule has 0 bridgehead atoms. The minimum atomic E-state index is -3.70. The summed E-state index contributed by atoms with van der Waals surface area (Å²) in [6, 6.07) is 27.8. The Morgan fingerprint density at radius 1 is 0.523 bits per heavy atom. The van der Waals surface area contributed by atoms with Crippen LogP contribution in [0.2, 0.25) is 0 Å². The van der Waals surface area contributed by atoms with Gasteiger partial charge in [0, 0.05) is 187 Å². The van der Waals surface area contributed by atoms with Crippen LogP contribution in [0.1, 0.15) is 122 Å². The molecular weight excluding hydrogens is 1440 g/mol. The number of anilines is 1. The number of amides is 2. The lowest BCUT2D eigenvalue weighted by atomic mass is 9.79. The molecule has 4 aromatic carbocycles. The van der Waals surface area contributed by atoms with E-state index < -0.39 is 40.1 Å². The molecule has 7 N–H and O–H groups in total. The summed E-state index contributed by atoms with van der Waals surface area (Å²) in [5.74, 6) is 0.690. The number of benzene rings is 4. The van der Waals surface area contributed by atoms with Crippen LogP contribution in [0.5, 0.6) is 0 Å². The van der Waals surface area contributed by atoms with E-state index in [1.807, 2.05) is 58.0 Å². The third kappa shape index (κ3) is 19.9. The van der Waals surface area contributed by atoms with Gasteiger partial charge >= 0.3 is 0 Å². The minimum Gasteiger partial charge on any atom is -0.340 e. The molecule has 29 heteroatoms. The molecule has 9 heterocycles. The van der Waals surface area contributed by atoms with E-state index in [2.05, 4.69) is 42.5 Å². The lowest BCUT2D eigenvalue weighted by molar-refractivity contribution is -0.129. The Balaban J connectivity index is 0.000000144. The van der Waals surface area contributed by atoms with Gasteiger partial charge < -0.3 is 32.0 Å². The van der Waals surface area contributed by atoms with Gasteiger partial charge in [0.1, 0.15) is 0 Å². The molecule has 5 fully saturated rings. The number of fused-ring (bicyclic) bond motifs is 4. The lowest BCUT2D eigenvalue weighted by Crippen LogP contribution is -2.45. The van der Waals surface area contributed by atoms with Crippen molar-refractivity contribution in [3.63, 3.8) is 0 Å². The normalized spacial score (nSPS) is 20.2. The highest BCUT2D eigenvalue weighted by Crippen LogP contribution is 2.35. The zero-order valence-electron chi connectivity index (χ0n) is 61.8. The molecule has 0 unspecified atom stereocenters. The van der Waals surface area contributed by atoms with E-state index in [1.54, 1.807) is 134 Å². The predicted octanol–water partition coefficient (Wildman–Crippen LogP) is 10.1. The number of pyridine rings is 5. The van der Waals surface area contributed by atoms with E-state index in [0.29, 0.717) is 102 Å². The van der Waals surface area contributed by atoms with Crippen molar-refractivity contribution < 1.29 is 43.3 Å². The van der Waals surface area contributed by atoms with Crippen molar-refractivity contribution in [3.05, 3.63) is 174 Å². The van der Waals surface area contributed by atoms with Crippen molar-refractivity contribution in [3.8, 4) is 0 Å². The molecule has 0 spiro atoms. The Morgan fingerprint density at radius 3 is 1.57 bits per heavy atom. The summed E-state index contributed by atoms with van der Waals surface area (Å²) in [4.78, 5) is 57.7. The summed E-state index contributed by atoms with van der Waals surface area (Å²) in [7, 11) is -14.2. The second-order valence-corrected chi connectivity index (χ2v) is 35.7. The molecule has 5 aromatic heterocycles. The monoisotopic (exact) mass is 1540 g/mol. The third-order valence-electron chi connectivity index (χ3n) is 20.6. The fourth-order valence-corrected chi connectivity index (χ4v) is 22.2. The number of aromatic nitrogens is 5. The van der Waals surface area contributed by atoms with Gasteiger partial charge in [-0.15, -0.1) is 0 Å². The van der Waals surface area contributed by atoms with Crippen LogP contribution in [-0.2, 0) is 49.7 Å². The fourth-order valence-electron chi connectivity index (χ4n) is 14.8. The van der Waals surface area contributed by atoms with Gasteiger partial charge in [0.15, 0.2) is 0 Å². The standard InChI is InChI=1S/C18H24N4O3S.C16H21N3O2S.C15H18N2O3S.C15H18N2O2S.C14H21N3O/c1-13-10-20-11-15-5-3-6-16(18(13)15)26(24,25)22-8-4-7-21(12-14(22)2)17(23)9-19;1-12-9-18-11-14-5-3-6-15(16(12)14)22(20,21)19-8-4-7-17-10-13(19)2;18-15-13-6-5-7-14(12(13)8-9-16-15)21(19,20)17-10-3-1-2-4-11-17;18-20(19,17-10-3-1-2-4-11-17)15-7-5-6-13-12-16-9-8-14(13)15;1-10(15)11-2-4-12(5-3-11)14(18)17-13-6-8-16-9-7-13/h3,5-6,10-11,14H,4,7-9,12,19H2,1-2H3;3,5-6,9,11,13,17H,4,7-8,10H2,1-2H3;5-9H,1-4,10-11H2,(H,16,18);5-9,12H,1-4,10-11H2;6-12H,2-5,15H2,1H3,(H,16,17,18)/t14-;13-;;;10-,11?,12?/m00..1/s1. The average molecular weight is 1540 g/mol. The first-order valence-corrected chi connectivity index (χ1v) is 42.9. The summed E-state index contributed by atoms with van der Waals surface area (Å²) in [6.45, 7) is 15.3. The lowest BCUT2D eigenvalue weighted by Gasteiger charge is -2.29. The number of nitrogens with two attached hydrogens (primary N) is 2. The van der Waals surface area contributed by atoms with Crippen LogP contribution >= 0.6 is 0 Å². The van der Waals surface area contributed by atoms with Gasteiger partial charge in [0.2, 0.25) is 51.9 Å². The largest absolute Gasteiger partial charge is 0.340 e. The van der Waals surface area contributed by atoms with E-state index in [-0.39, 0.29) is 52.9 Å². The highest BCUT2D eigenvalue weighted by atomic mass is 32.2. The number of aromatic amines is 1. The third-order valence-corrected chi connectivity index (χ3v) is 28.7. The Kier molecular flexibility index (Phi) is 28.4.